The Bertz CT molecular complexity index is 1700. The van der Waals surface area contributed by atoms with Gasteiger partial charge >= 0.3 is 0 Å². The molecule has 0 bridgehead atoms. The molecule has 0 spiro atoms. The number of fused-ring (bicyclic) bond motifs is 4. The van der Waals surface area contributed by atoms with Crippen LogP contribution < -0.4 is 4.74 Å². The highest BCUT2D eigenvalue weighted by Crippen LogP contribution is 2.36. The number of ether oxygens (including phenoxy) is 1. The maximum atomic E-state index is 13.3. The summed E-state index contributed by atoms with van der Waals surface area (Å²) in [5, 5.41) is 5.58. The summed E-state index contributed by atoms with van der Waals surface area (Å²) in [7, 11) is 1.64. The number of carbonyl (C=O) groups is 2. The third-order valence-corrected chi connectivity index (χ3v) is 7.16. The summed E-state index contributed by atoms with van der Waals surface area (Å²) in [5.74, 6) is 0.413. The summed E-state index contributed by atoms with van der Waals surface area (Å²) in [4.78, 5) is 37.5. The van der Waals surface area contributed by atoms with Crippen LogP contribution in [0.15, 0.2) is 54.9 Å². The monoisotopic (exact) mass is 494 g/mol. The smallest absolute Gasteiger partial charge is 0.262 e. The van der Waals surface area contributed by atoms with Crippen LogP contribution in [-0.2, 0) is 0 Å². The van der Waals surface area contributed by atoms with Gasteiger partial charge in [0.15, 0.2) is 17.1 Å². The Kier molecular flexibility index (Phi) is 5.11. The number of nitrogens with zero attached hydrogens (tertiary/aromatic N) is 6. The Balaban J connectivity index is 1.52. The van der Waals surface area contributed by atoms with Gasteiger partial charge in [-0.1, -0.05) is 32.0 Å². The van der Waals surface area contributed by atoms with Crippen molar-refractivity contribution in [2.75, 3.05) is 7.11 Å². The van der Waals surface area contributed by atoms with E-state index in [0.717, 1.165) is 33.7 Å². The number of methoxy groups -OCH3 is 1. The largest absolute Gasteiger partial charge is 0.497 e. The second kappa shape index (κ2) is 8.26. The van der Waals surface area contributed by atoms with E-state index in [-0.39, 0.29) is 17.7 Å². The molecule has 0 fully saturated rings. The van der Waals surface area contributed by atoms with E-state index in [1.165, 1.54) is 4.90 Å². The van der Waals surface area contributed by atoms with E-state index in [0.29, 0.717) is 22.6 Å². The number of amides is 2. The van der Waals surface area contributed by atoms with Crippen molar-refractivity contribution in [1.29, 1.82) is 0 Å². The molecule has 2 aromatic carbocycles. The molecule has 6 rings (SSSR count). The van der Waals surface area contributed by atoms with Crippen LogP contribution in [0.25, 0.3) is 22.4 Å². The van der Waals surface area contributed by atoms with Gasteiger partial charge in [-0.15, -0.1) is 5.10 Å². The van der Waals surface area contributed by atoms with Crippen molar-refractivity contribution in [2.45, 2.75) is 33.7 Å². The lowest BCUT2D eigenvalue weighted by Crippen LogP contribution is -2.37. The van der Waals surface area contributed by atoms with E-state index in [1.807, 2.05) is 52.0 Å². The molecule has 1 aliphatic heterocycles. The SMILES string of the molecule is COc1cccc(-n2c(C)c(C)c3c2ncn2nc([C@H](C(C)C)N4C(=O)c5ccccc5C4=O)nc32)c1. The van der Waals surface area contributed by atoms with Crippen LogP contribution in [0.1, 0.15) is 57.7 Å². The summed E-state index contributed by atoms with van der Waals surface area (Å²) in [6.45, 7) is 8.00. The van der Waals surface area contributed by atoms with E-state index in [2.05, 4.69) is 4.57 Å². The molecule has 9 heteroatoms. The predicted molar refractivity (Wildman–Crippen MR) is 138 cm³/mol. The highest BCUT2D eigenvalue weighted by molar-refractivity contribution is 6.21. The average molecular weight is 495 g/mol. The number of hydrogen-bond acceptors (Lipinski definition) is 6. The Morgan fingerprint density at radius 2 is 1.62 bits per heavy atom. The third kappa shape index (κ3) is 3.27. The highest BCUT2D eigenvalue weighted by Gasteiger charge is 2.43. The molecule has 0 saturated carbocycles. The third-order valence-electron chi connectivity index (χ3n) is 7.16. The predicted octanol–water partition coefficient (Wildman–Crippen LogP) is 4.69. The van der Waals surface area contributed by atoms with Crippen molar-refractivity contribution in [3.05, 3.63) is 83.1 Å². The molecule has 0 aliphatic carbocycles. The first-order chi connectivity index (χ1) is 17.8. The second-order valence-corrected chi connectivity index (χ2v) is 9.64. The lowest BCUT2D eigenvalue weighted by molar-refractivity contribution is 0.0529. The molecule has 9 nitrogen and oxygen atoms in total. The molecule has 4 heterocycles. The second-order valence-electron chi connectivity index (χ2n) is 9.64. The molecule has 0 radical (unpaired) electrons. The molecule has 0 unspecified atom stereocenters. The number of aromatic nitrogens is 5. The summed E-state index contributed by atoms with van der Waals surface area (Å²) < 4.78 is 9.13. The van der Waals surface area contributed by atoms with E-state index >= 15 is 0 Å². The van der Waals surface area contributed by atoms with Crippen molar-refractivity contribution >= 4 is 28.5 Å². The van der Waals surface area contributed by atoms with Crippen LogP contribution in [0.2, 0.25) is 0 Å². The molecular formula is C28H26N6O3. The first kappa shape index (κ1) is 22.9. The lowest BCUT2D eigenvalue weighted by Gasteiger charge is -2.26. The van der Waals surface area contributed by atoms with E-state index in [4.69, 9.17) is 19.8 Å². The fourth-order valence-corrected chi connectivity index (χ4v) is 5.24. The number of aryl methyl sites for hydroxylation is 1. The minimum absolute atomic E-state index is 0.104. The number of benzene rings is 2. The fourth-order valence-electron chi connectivity index (χ4n) is 5.24. The number of hydrogen-bond donors (Lipinski definition) is 0. The number of imide groups is 1. The zero-order valence-electron chi connectivity index (χ0n) is 21.3. The molecule has 0 N–H and O–H groups in total. The molecule has 0 saturated heterocycles. The Morgan fingerprint density at radius 3 is 2.27 bits per heavy atom. The molecule has 2 amide bonds. The molecule has 1 aliphatic rings. The van der Waals surface area contributed by atoms with Gasteiger partial charge in [0.05, 0.1) is 29.3 Å². The number of rotatable bonds is 5. The average Bonchev–Trinajstić information content (AvgIpc) is 3.51. The zero-order valence-corrected chi connectivity index (χ0v) is 21.3. The van der Waals surface area contributed by atoms with Crippen molar-refractivity contribution in [2.24, 2.45) is 5.92 Å². The van der Waals surface area contributed by atoms with Gasteiger partial charge in [0.2, 0.25) is 0 Å². The standard InChI is InChI=1S/C28H26N6O3/c1-15(2)23(34-27(35)20-11-6-7-12-21(20)28(34)36)24-30-26-22-16(3)17(4)33(25(22)29-14-32(26)31-24)18-9-8-10-19(13-18)37-5/h6-15,23H,1-5H3/t23-/m0/s1. The van der Waals surface area contributed by atoms with E-state index in [1.54, 1.807) is 42.2 Å². The Hall–Kier alpha value is -4.53. The van der Waals surface area contributed by atoms with Crippen LogP contribution in [0.4, 0.5) is 0 Å². The minimum Gasteiger partial charge on any atom is -0.497 e. The van der Waals surface area contributed by atoms with Crippen LogP contribution >= 0.6 is 0 Å². The van der Waals surface area contributed by atoms with Crippen LogP contribution in [0.5, 0.6) is 5.75 Å². The molecule has 186 valence electrons. The summed E-state index contributed by atoms with van der Waals surface area (Å²) >= 11 is 0. The van der Waals surface area contributed by atoms with Gasteiger partial charge in [-0.25, -0.2) is 14.5 Å². The maximum absolute atomic E-state index is 13.3. The Morgan fingerprint density at radius 1 is 0.919 bits per heavy atom. The van der Waals surface area contributed by atoms with Gasteiger partial charge in [0, 0.05) is 11.8 Å². The zero-order chi connectivity index (χ0) is 26.0. The van der Waals surface area contributed by atoms with Crippen LogP contribution in [-0.4, -0.2) is 48.0 Å². The molecule has 37 heavy (non-hydrogen) atoms. The lowest BCUT2D eigenvalue weighted by atomic mass is 10.0. The fraction of sp³-hybridized carbons (Fsp3) is 0.250. The highest BCUT2D eigenvalue weighted by atomic mass is 16.5. The van der Waals surface area contributed by atoms with Gasteiger partial charge in [-0.2, -0.15) is 0 Å². The van der Waals surface area contributed by atoms with Crippen LogP contribution in [0, 0.1) is 19.8 Å². The van der Waals surface area contributed by atoms with Gasteiger partial charge in [-0.3, -0.25) is 19.1 Å². The topological polar surface area (TPSA) is 94.6 Å². The van der Waals surface area contributed by atoms with Gasteiger partial charge in [-0.05, 0) is 49.6 Å². The van der Waals surface area contributed by atoms with Crippen molar-refractivity contribution in [3.8, 4) is 11.4 Å². The molecule has 5 aromatic rings. The normalized spacial score (nSPS) is 14.3. The van der Waals surface area contributed by atoms with Crippen molar-refractivity contribution in [1.82, 2.24) is 29.0 Å². The minimum atomic E-state index is -0.621. The van der Waals surface area contributed by atoms with Gasteiger partial charge in [0.25, 0.3) is 11.8 Å². The van der Waals surface area contributed by atoms with Gasteiger partial charge < -0.3 is 4.74 Å². The van der Waals surface area contributed by atoms with Crippen LogP contribution in [0.3, 0.4) is 0 Å². The van der Waals surface area contributed by atoms with Gasteiger partial charge in [0.1, 0.15) is 18.1 Å². The molecular weight excluding hydrogens is 468 g/mol. The summed E-state index contributed by atoms with van der Waals surface area (Å²) in [6, 6.07) is 14.1. The van der Waals surface area contributed by atoms with E-state index < -0.39 is 6.04 Å². The van der Waals surface area contributed by atoms with E-state index in [9.17, 15) is 9.59 Å². The van der Waals surface area contributed by atoms with Crippen molar-refractivity contribution in [3.63, 3.8) is 0 Å². The molecule has 1 atom stereocenters. The quantitative estimate of drug-likeness (QED) is 0.329. The number of carbonyl (C=O) groups excluding carboxylic acids is 2. The summed E-state index contributed by atoms with van der Waals surface area (Å²) in [6.07, 6.45) is 1.63. The Labute approximate surface area is 213 Å². The first-order valence-electron chi connectivity index (χ1n) is 12.2. The summed E-state index contributed by atoms with van der Waals surface area (Å²) in [5.41, 5.74) is 5.17. The maximum Gasteiger partial charge on any atom is 0.262 e. The van der Waals surface area contributed by atoms with Crippen molar-refractivity contribution < 1.29 is 14.3 Å². The first-order valence-corrected chi connectivity index (χ1v) is 12.2. The molecule has 3 aromatic heterocycles.